The van der Waals surface area contributed by atoms with E-state index in [1.807, 2.05) is 41.8 Å². The van der Waals surface area contributed by atoms with E-state index >= 15 is 0 Å². The van der Waals surface area contributed by atoms with Crippen LogP contribution in [0.5, 0.6) is 0 Å². The molecule has 0 radical (unpaired) electrons. The number of nitrogens with zero attached hydrogens (tertiary/aromatic N) is 2. The van der Waals surface area contributed by atoms with E-state index in [4.69, 9.17) is 11.6 Å². The van der Waals surface area contributed by atoms with Gasteiger partial charge in [-0.05, 0) is 29.7 Å². The summed E-state index contributed by atoms with van der Waals surface area (Å²) in [7, 11) is 0. The predicted molar refractivity (Wildman–Crippen MR) is 93.9 cm³/mol. The zero-order valence-electron chi connectivity index (χ0n) is 11.8. The van der Waals surface area contributed by atoms with Gasteiger partial charge in [-0.1, -0.05) is 29.8 Å². The lowest BCUT2D eigenvalue weighted by Crippen LogP contribution is -2.08. The summed E-state index contributed by atoms with van der Waals surface area (Å²) in [6.07, 6.45) is 1.64. The van der Waals surface area contributed by atoms with Crippen LogP contribution in [0.4, 0.5) is 0 Å². The van der Waals surface area contributed by atoms with Crippen LogP contribution >= 0.6 is 22.9 Å². The lowest BCUT2D eigenvalue weighted by molar-refractivity contribution is 1.28. The second-order valence-electron chi connectivity index (χ2n) is 5.00. The second kappa shape index (κ2) is 5.61. The SMILES string of the molecule is O=c1[nH]c2ccccc2cc1-c1csc(-c2ccnc(Cl)c2)n1. The molecule has 6 heteroatoms. The normalized spacial score (nSPS) is 11.0. The molecule has 4 nitrogen and oxygen atoms in total. The highest BCUT2D eigenvalue weighted by Crippen LogP contribution is 2.29. The van der Waals surface area contributed by atoms with Crippen molar-refractivity contribution in [3.05, 3.63) is 69.5 Å². The first kappa shape index (κ1) is 14.1. The molecule has 0 spiro atoms. The number of nitrogens with one attached hydrogen (secondary N) is 1. The third-order valence-corrected chi connectivity index (χ3v) is 4.61. The van der Waals surface area contributed by atoms with Gasteiger partial charge in [0.05, 0.1) is 11.3 Å². The zero-order valence-corrected chi connectivity index (χ0v) is 13.4. The first-order valence-corrected chi connectivity index (χ1v) is 8.16. The molecule has 0 aliphatic rings. The van der Waals surface area contributed by atoms with E-state index in [1.54, 1.807) is 12.3 Å². The topological polar surface area (TPSA) is 58.6 Å². The van der Waals surface area contributed by atoms with Gasteiger partial charge in [0, 0.05) is 22.7 Å². The lowest BCUT2D eigenvalue weighted by Gasteiger charge is -2.00. The summed E-state index contributed by atoms with van der Waals surface area (Å²) in [5.41, 5.74) is 2.78. The van der Waals surface area contributed by atoms with E-state index in [2.05, 4.69) is 15.0 Å². The van der Waals surface area contributed by atoms with E-state index < -0.39 is 0 Å². The lowest BCUT2D eigenvalue weighted by atomic mass is 10.1. The zero-order chi connectivity index (χ0) is 15.8. The highest BCUT2D eigenvalue weighted by molar-refractivity contribution is 7.13. The van der Waals surface area contributed by atoms with Gasteiger partial charge in [-0.3, -0.25) is 4.79 Å². The van der Waals surface area contributed by atoms with Crippen molar-refractivity contribution in [2.24, 2.45) is 0 Å². The summed E-state index contributed by atoms with van der Waals surface area (Å²) in [5.74, 6) is 0. The molecule has 1 N–H and O–H groups in total. The van der Waals surface area contributed by atoms with Crippen LogP contribution < -0.4 is 5.56 Å². The number of thiazole rings is 1. The molecule has 3 aromatic heterocycles. The van der Waals surface area contributed by atoms with Gasteiger partial charge in [0.1, 0.15) is 10.2 Å². The van der Waals surface area contributed by atoms with Crippen molar-refractivity contribution in [2.75, 3.05) is 0 Å². The molecule has 0 aliphatic heterocycles. The number of aromatic amines is 1. The largest absolute Gasteiger partial charge is 0.321 e. The molecular formula is C17H10ClN3OS. The minimum Gasteiger partial charge on any atom is -0.321 e. The number of rotatable bonds is 2. The van der Waals surface area contributed by atoms with Crippen molar-refractivity contribution < 1.29 is 0 Å². The third kappa shape index (κ3) is 2.65. The van der Waals surface area contributed by atoms with Gasteiger partial charge < -0.3 is 4.98 Å². The van der Waals surface area contributed by atoms with E-state index in [9.17, 15) is 4.79 Å². The third-order valence-electron chi connectivity index (χ3n) is 3.51. The molecule has 3 heterocycles. The number of para-hydroxylation sites is 1. The molecule has 0 fully saturated rings. The van der Waals surface area contributed by atoms with Crippen molar-refractivity contribution in [3.63, 3.8) is 0 Å². The summed E-state index contributed by atoms with van der Waals surface area (Å²) in [6.45, 7) is 0. The minimum absolute atomic E-state index is 0.145. The van der Waals surface area contributed by atoms with Crippen LogP contribution in [0.1, 0.15) is 0 Å². The van der Waals surface area contributed by atoms with Crippen molar-refractivity contribution >= 4 is 33.8 Å². The Bertz CT molecular complexity index is 1070. The monoisotopic (exact) mass is 339 g/mol. The van der Waals surface area contributed by atoms with E-state index in [1.165, 1.54) is 11.3 Å². The Morgan fingerprint density at radius 2 is 2.00 bits per heavy atom. The molecular weight excluding hydrogens is 330 g/mol. The fraction of sp³-hybridized carbons (Fsp3) is 0. The van der Waals surface area contributed by atoms with Crippen LogP contribution in [0.3, 0.4) is 0 Å². The average molecular weight is 340 g/mol. The molecule has 23 heavy (non-hydrogen) atoms. The van der Waals surface area contributed by atoms with Crippen LogP contribution in [-0.2, 0) is 0 Å². The second-order valence-corrected chi connectivity index (χ2v) is 6.25. The van der Waals surface area contributed by atoms with E-state index in [0.29, 0.717) is 16.4 Å². The van der Waals surface area contributed by atoms with Gasteiger partial charge in [0.15, 0.2) is 0 Å². The van der Waals surface area contributed by atoms with E-state index in [-0.39, 0.29) is 5.56 Å². The first-order valence-electron chi connectivity index (χ1n) is 6.90. The number of fused-ring (bicyclic) bond motifs is 1. The smallest absolute Gasteiger partial charge is 0.257 e. The number of H-pyrrole nitrogens is 1. The maximum atomic E-state index is 12.3. The molecule has 4 aromatic rings. The Kier molecular flexibility index (Phi) is 3.44. The van der Waals surface area contributed by atoms with Gasteiger partial charge in [0.25, 0.3) is 5.56 Å². The summed E-state index contributed by atoms with van der Waals surface area (Å²) < 4.78 is 0. The number of hydrogen-bond donors (Lipinski definition) is 1. The fourth-order valence-electron chi connectivity index (χ4n) is 2.40. The number of halogens is 1. The predicted octanol–water partition coefficient (Wildman–Crippen LogP) is 4.37. The molecule has 4 rings (SSSR count). The van der Waals surface area contributed by atoms with Crippen molar-refractivity contribution in [2.45, 2.75) is 0 Å². The molecule has 0 saturated carbocycles. The average Bonchev–Trinajstić information content (AvgIpc) is 3.04. The summed E-state index contributed by atoms with van der Waals surface area (Å²) in [4.78, 5) is 23.7. The van der Waals surface area contributed by atoms with Gasteiger partial charge in [-0.2, -0.15) is 0 Å². The summed E-state index contributed by atoms with van der Waals surface area (Å²) >= 11 is 7.39. The standard InChI is InChI=1S/C17H10ClN3OS/c18-15-8-11(5-6-19-15)17-21-14(9-23-17)12-7-10-3-1-2-4-13(10)20-16(12)22/h1-9H,(H,20,22). The van der Waals surface area contributed by atoms with Gasteiger partial charge in [-0.25, -0.2) is 9.97 Å². The van der Waals surface area contributed by atoms with Gasteiger partial charge in [-0.15, -0.1) is 11.3 Å². The Hall–Kier alpha value is -2.50. The Morgan fingerprint density at radius 1 is 1.13 bits per heavy atom. The Balaban J connectivity index is 1.83. The van der Waals surface area contributed by atoms with E-state index in [0.717, 1.165) is 21.5 Å². The van der Waals surface area contributed by atoms with Crippen LogP contribution in [0, 0.1) is 0 Å². The molecule has 1 aromatic carbocycles. The van der Waals surface area contributed by atoms with Crippen LogP contribution in [0.15, 0.2) is 58.8 Å². The maximum Gasteiger partial charge on any atom is 0.257 e. The van der Waals surface area contributed by atoms with Crippen molar-refractivity contribution in [3.8, 4) is 21.8 Å². The number of benzene rings is 1. The molecule has 112 valence electrons. The number of hydrogen-bond acceptors (Lipinski definition) is 4. The number of aromatic nitrogens is 3. The Labute approximate surface area is 140 Å². The molecule has 0 unspecified atom stereocenters. The van der Waals surface area contributed by atoms with Crippen LogP contribution in [0.2, 0.25) is 5.15 Å². The summed E-state index contributed by atoms with van der Waals surface area (Å²) in [6, 6.07) is 13.2. The number of pyridine rings is 2. The quantitative estimate of drug-likeness (QED) is 0.552. The van der Waals surface area contributed by atoms with Gasteiger partial charge in [0.2, 0.25) is 0 Å². The molecule has 0 amide bonds. The highest BCUT2D eigenvalue weighted by Gasteiger charge is 2.11. The van der Waals surface area contributed by atoms with Crippen LogP contribution in [0.25, 0.3) is 32.7 Å². The first-order chi connectivity index (χ1) is 11.2. The Morgan fingerprint density at radius 3 is 2.87 bits per heavy atom. The molecule has 0 aliphatic carbocycles. The van der Waals surface area contributed by atoms with Crippen molar-refractivity contribution in [1.82, 2.24) is 15.0 Å². The van der Waals surface area contributed by atoms with Gasteiger partial charge >= 0.3 is 0 Å². The maximum absolute atomic E-state index is 12.3. The summed E-state index contributed by atoms with van der Waals surface area (Å²) in [5, 5.41) is 4.08. The molecule has 0 saturated heterocycles. The fourth-order valence-corrected chi connectivity index (χ4v) is 3.39. The molecule has 0 bridgehead atoms. The van der Waals surface area contributed by atoms with Crippen LogP contribution in [-0.4, -0.2) is 15.0 Å². The highest BCUT2D eigenvalue weighted by atomic mass is 35.5. The van der Waals surface area contributed by atoms with Crippen molar-refractivity contribution in [1.29, 1.82) is 0 Å². The molecule has 0 atom stereocenters. The minimum atomic E-state index is -0.145.